The fraction of sp³-hybridized carbons (Fsp3) is 0.0625. The van der Waals surface area contributed by atoms with E-state index in [9.17, 15) is 8.42 Å². The van der Waals surface area contributed by atoms with Gasteiger partial charge in [-0.25, -0.2) is 13.1 Å². The lowest BCUT2D eigenvalue weighted by molar-refractivity contribution is 0.581. The first-order valence-corrected chi connectivity index (χ1v) is 9.57. The van der Waals surface area contributed by atoms with Crippen LogP contribution in [0.25, 0.3) is 11.1 Å². The molecular formula is C16H13ClN2O2S2. The highest BCUT2D eigenvalue weighted by atomic mass is 35.5. The first-order chi connectivity index (χ1) is 11.1. The predicted molar refractivity (Wildman–Crippen MR) is 93.0 cm³/mol. The Morgan fingerprint density at radius 1 is 1.13 bits per heavy atom. The van der Waals surface area contributed by atoms with Gasteiger partial charge in [0.1, 0.15) is 4.90 Å². The number of rotatable bonds is 5. The maximum Gasteiger partial charge on any atom is 0.242 e. The monoisotopic (exact) mass is 364 g/mol. The number of sulfonamides is 1. The molecule has 118 valence electrons. The zero-order valence-corrected chi connectivity index (χ0v) is 14.3. The van der Waals surface area contributed by atoms with Crippen LogP contribution in [0.1, 0.15) is 5.56 Å². The van der Waals surface area contributed by atoms with Crippen LogP contribution in [0.15, 0.2) is 64.4 Å². The van der Waals surface area contributed by atoms with Crippen molar-refractivity contribution >= 4 is 33.0 Å². The van der Waals surface area contributed by atoms with Gasteiger partial charge >= 0.3 is 0 Å². The van der Waals surface area contributed by atoms with Crippen LogP contribution >= 0.6 is 22.9 Å². The fourth-order valence-electron chi connectivity index (χ4n) is 2.09. The van der Waals surface area contributed by atoms with Crippen molar-refractivity contribution in [2.24, 2.45) is 0 Å². The van der Waals surface area contributed by atoms with Gasteiger partial charge in [0.05, 0.1) is 5.02 Å². The van der Waals surface area contributed by atoms with Crippen LogP contribution < -0.4 is 4.72 Å². The molecule has 0 bridgehead atoms. The maximum atomic E-state index is 12.3. The second kappa shape index (κ2) is 6.80. The van der Waals surface area contributed by atoms with Crippen LogP contribution in [0, 0.1) is 0 Å². The van der Waals surface area contributed by atoms with Crippen LogP contribution in [-0.4, -0.2) is 13.4 Å². The Labute approximate surface area is 143 Å². The summed E-state index contributed by atoms with van der Waals surface area (Å²) in [6, 6.07) is 10.3. The smallest absolute Gasteiger partial charge is 0.242 e. The minimum atomic E-state index is -3.66. The molecule has 7 heteroatoms. The molecule has 0 aliphatic carbocycles. The lowest BCUT2D eigenvalue weighted by Crippen LogP contribution is -2.23. The third-order valence-corrected chi connectivity index (χ3v) is 5.83. The number of aromatic nitrogens is 1. The van der Waals surface area contributed by atoms with Crippen LogP contribution in [0.2, 0.25) is 5.02 Å². The van der Waals surface area contributed by atoms with Gasteiger partial charge in [-0.3, -0.25) is 4.98 Å². The van der Waals surface area contributed by atoms with Gasteiger partial charge in [-0.1, -0.05) is 23.7 Å². The Bertz CT molecular complexity index is 909. The van der Waals surface area contributed by atoms with E-state index >= 15 is 0 Å². The van der Waals surface area contributed by atoms with E-state index in [1.54, 1.807) is 41.9 Å². The van der Waals surface area contributed by atoms with Crippen molar-refractivity contribution in [3.05, 3.63) is 70.1 Å². The van der Waals surface area contributed by atoms with E-state index in [0.29, 0.717) is 0 Å². The van der Waals surface area contributed by atoms with Crippen molar-refractivity contribution in [2.45, 2.75) is 11.4 Å². The normalized spacial score (nSPS) is 11.5. The Morgan fingerprint density at radius 2 is 1.96 bits per heavy atom. The topological polar surface area (TPSA) is 59.1 Å². The van der Waals surface area contributed by atoms with Crippen molar-refractivity contribution in [2.75, 3.05) is 0 Å². The predicted octanol–water partition coefficient (Wildman–Crippen LogP) is 3.94. The van der Waals surface area contributed by atoms with Crippen molar-refractivity contribution in [3.63, 3.8) is 0 Å². The van der Waals surface area contributed by atoms with E-state index < -0.39 is 10.0 Å². The number of nitrogens with one attached hydrogen (secondary N) is 1. The number of hydrogen-bond acceptors (Lipinski definition) is 4. The molecule has 0 aliphatic rings. The van der Waals surface area contributed by atoms with E-state index in [1.807, 2.05) is 22.9 Å². The zero-order chi connectivity index (χ0) is 16.3. The van der Waals surface area contributed by atoms with Gasteiger partial charge in [-0.2, -0.15) is 11.3 Å². The summed E-state index contributed by atoms with van der Waals surface area (Å²) < 4.78 is 27.2. The van der Waals surface area contributed by atoms with Gasteiger partial charge in [0.15, 0.2) is 0 Å². The van der Waals surface area contributed by atoms with E-state index in [-0.39, 0.29) is 16.5 Å². The number of hydrogen-bond donors (Lipinski definition) is 1. The number of halogens is 1. The average Bonchev–Trinajstić information content (AvgIpc) is 3.08. The average molecular weight is 365 g/mol. The molecule has 0 fully saturated rings. The van der Waals surface area contributed by atoms with Gasteiger partial charge in [-0.15, -0.1) is 0 Å². The van der Waals surface area contributed by atoms with Crippen molar-refractivity contribution in [1.29, 1.82) is 0 Å². The van der Waals surface area contributed by atoms with E-state index in [2.05, 4.69) is 9.71 Å². The Balaban J connectivity index is 1.78. The number of pyridine rings is 1. The molecule has 0 aliphatic heterocycles. The lowest BCUT2D eigenvalue weighted by Gasteiger charge is -2.09. The summed E-state index contributed by atoms with van der Waals surface area (Å²) in [5, 5.41) is 4.21. The summed E-state index contributed by atoms with van der Waals surface area (Å²) in [6.07, 6.45) is 3.40. The molecule has 23 heavy (non-hydrogen) atoms. The quantitative estimate of drug-likeness (QED) is 0.745. The van der Waals surface area contributed by atoms with E-state index in [1.165, 1.54) is 6.07 Å². The summed E-state index contributed by atoms with van der Waals surface area (Å²) >= 11 is 7.56. The van der Waals surface area contributed by atoms with E-state index in [0.717, 1.165) is 16.7 Å². The van der Waals surface area contributed by atoms with Gasteiger partial charge in [0.25, 0.3) is 0 Å². The first-order valence-electron chi connectivity index (χ1n) is 6.77. The molecule has 0 radical (unpaired) electrons. The standard InChI is InChI=1S/C16H13ClN2O2S2/c17-15-3-1-2-4-16(15)23(20,21)19-9-12-7-14(10-18-8-12)13-5-6-22-11-13/h1-8,10-11,19H,9H2. The summed E-state index contributed by atoms with van der Waals surface area (Å²) in [5.41, 5.74) is 2.81. The first kappa shape index (κ1) is 16.1. The van der Waals surface area contributed by atoms with Crippen molar-refractivity contribution in [1.82, 2.24) is 9.71 Å². The molecule has 0 amide bonds. The SMILES string of the molecule is O=S(=O)(NCc1cncc(-c2ccsc2)c1)c1ccccc1Cl. The zero-order valence-electron chi connectivity index (χ0n) is 11.9. The largest absolute Gasteiger partial charge is 0.264 e. The molecule has 0 unspecified atom stereocenters. The molecule has 3 rings (SSSR count). The summed E-state index contributed by atoms with van der Waals surface area (Å²) in [7, 11) is -3.66. The minimum absolute atomic E-state index is 0.0728. The molecule has 0 saturated carbocycles. The molecule has 0 saturated heterocycles. The molecule has 0 spiro atoms. The third kappa shape index (κ3) is 3.79. The highest BCUT2D eigenvalue weighted by Gasteiger charge is 2.17. The van der Waals surface area contributed by atoms with Gasteiger partial charge in [0, 0.05) is 24.5 Å². The van der Waals surface area contributed by atoms with Crippen LogP contribution in [0.5, 0.6) is 0 Å². The molecule has 2 heterocycles. The van der Waals surface area contributed by atoms with Crippen LogP contribution in [-0.2, 0) is 16.6 Å². The Morgan fingerprint density at radius 3 is 2.70 bits per heavy atom. The Hall–Kier alpha value is -1.73. The van der Waals surface area contributed by atoms with Crippen molar-refractivity contribution in [3.8, 4) is 11.1 Å². The molecule has 3 aromatic rings. The fourth-order valence-corrected chi connectivity index (χ4v) is 4.29. The van der Waals surface area contributed by atoms with Gasteiger partial charge in [-0.05, 0) is 46.2 Å². The third-order valence-electron chi connectivity index (χ3n) is 3.24. The van der Waals surface area contributed by atoms with Crippen LogP contribution in [0.4, 0.5) is 0 Å². The minimum Gasteiger partial charge on any atom is -0.264 e. The summed E-state index contributed by atoms with van der Waals surface area (Å²) in [5.74, 6) is 0. The lowest BCUT2D eigenvalue weighted by atomic mass is 10.1. The van der Waals surface area contributed by atoms with Gasteiger partial charge < -0.3 is 0 Å². The summed E-state index contributed by atoms with van der Waals surface area (Å²) in [6.45, 7) is 0.151. The highest BCUT2D eigenvalue weighted by molar-refractivity contribution is 7.89. The second-order valence-electron chi connectivity index (χ2n) is 4.85. The molecule has 4 nitrogen and oxygen atoms in total. The number of benzene rings is 1. The van der Waals surface area contributed by atoms with Crippen molar-refractivity contribution < 1.29 is 8.42 Å². The molecule has 1 N–H and O–H groups in total. The molecule has 2 aromatic heterocycles. The van der Waals surface area contributed by atoms with Gasteiger partial charge in [0.2, 0.25) is 10.0 Å². The molecular weight excluding hydrogens is 352 g/mol. The maximum absolute atomic E-state index is 12.3. The van der Waals surface area contributed by atoms with E-state index in [4.69, 9.17) is 11.6 Å². The summed E-state index contributed by atoms with van der Waals surface area (Å²) in [4.78, 5) is 4.25. The highest BCUT2D eigenvalue weighted by Crippen LogP contribution is 2.23. The number of thiophene rings is 1. The number of nitrogens with zero attached hydrogens (tertiary/aromatic N) is 1. The second-order valence-corrected chi connectivity index (χ2v) is 7.77. The Kier molecular flexibility index (Phi) is 4.77. The molecule has 1 aromatic carbocycles. The molecule has 0 atom stereocenters. The van der Waals surface area contributed by atoms with Crippen LogP contribution in [0.3, 0.4) is 0 Å².